The number of hydrogen-bond donors (Lipinski definition) is 3. The summed E-state index contributed by atoms with van der Waals surface area (Å²) in [6.45, 7) is 4.34. The maximum atomic E-state index is 13.5. The van der Waals surface area contributed by atoms with Gasteiger partial charge >= 0.3 is 0 Å². The predicted octanol–water partition coefficient (Wildman–Crippen LogP) is 7.65. The van der Waals surface area contributed by atoms with Gasteiger partial charge in [-0.15, -0.1) is 0 Å². The number of nitrogen functional groups attached to an aromatic ring is 1. The van der Waals surface area contributed by atoms with Crippen LogP contribution in [0.5, 0.6) is 0 Å². The van der Waals surface area contributed by atoms with Crippen molar-refractivity contribution < 1.29 is 4.79 Å². The first-order chi connectivity index (χ1) is 19.4. The predicted molar refractivity (Wildman–Crippen MR) is 163 cm³/mol. The van der Waals surface area contributed by atoms with E-state index in [4.69, 9.17) is 5.73 Å². The highest BCUT2D eigenvalue weighted by Gasteiger charge is 2.24. The van der Waals surface area contributed by atoms with E-state index in [1.807, 2.05) is 48.5 Å². The molecule has 1 atom stereocenters. The lowest BCUT2D eigenvalue weighted by Gasteiger charge is -2.17. The molecular formula is C33H31N5OS. The number of benzene rings is 4. The second kappa shape index (κ2) is 11.0. The van der Waals surface area contributed by atoms with Crippen LogP contribution < -0.4 is 16.4 Å². The third-order valence-corrected chi connectivity index (χ3v) is 8.45. The molecule has 4 aromatic carbocycles. The van der Waals surface area contributed by atoms with Gasteiger partial charge in [0.15, 0.2) is 0 Å². The van der Waals surface area contributed by atoms with Crippen molar-refractivity contribution in [1.29, 1.82) is 0 Å². The Morgan fingerprint density at radius 3 is 2.62 bits per heavy atom. The lowest BCUT2D eigenvalue weighted by Crippen LogP contribution is -2.27. The Labute approximate surface area is 238 Å². The Kier molecular flexibility index (Phi) is 7.13. The van der Waals surface area contributed by atoms with Crippen molar-refractivity contribution in [3.63, 3.8) is 0 Å². The molecule has 6 rings (SSSR count). The number of nitrogens with two attached hydrogens (primary N) is 1. The molecule has 0 spiro atoms. The largest absolute Gasteiger partial charge is 0.399 e. The lowest BCUT2D eigenvalue weighted by molar-refractivity contribution is 0.0936. The monoisotopic (exact) mass is 545 g/mol. The molecule has 4 N–H and O–H groups in total. The third kappa shape index (κ3) is 5.38. The minimum absolute atomic E-state index is 0.0184. The van der Waals surface area contributed by atoms with E-state index in [1.54, 1.807) is 18.1 Å². The van der Waals surface area contributed by atoms with Crippen LogP contribution in [0.2, 0.25) is 0 Å². The fraction of sp³-hybridized carbons (Fsp3) is 0.182. The molecule has 5 aromatic rings. The van der Waals surface area contributed by atoms with Gasteiger partial charge in [-0.05, 0) is 90.0 Å². The number of nitrogens with zero attached hydrogens (tertiary/aromatic N) is 2. The zero-order valence-corrected chi connectivity index (χ0v) is 23.3. The second-order valence-electron chi connectivity index (χ2n) is 10.4. The molecule has 0 bridgehead atoms. The SMILES string of the molecule is CC(C)c1ccc2c(Nc3cc(C(=O)N[C@@H]4CCc5ccccc54)ccc3Sc3ccc(N)cc3)ncnc2c1. The van der Waals surface area contributed by atoms with E-state index in [0.717, 1.165) is 44.9 Å². The van der Waals surface area contributed by atoms with Crippen molar-refractivity contribution in [2.45, 2.75) is 48.4 Å². The molecule has 1 amide bonds. The number of amides is 1. The maximum absolute atomic E-state index is 13.5. The molecule has 40 heavy (non-hydrogen) atoms. The minimum atomic E-state index is -0.0945. The van der Waals surface area contributed by atoms with Gasteiger partial charge in [-0.2, -0.15) is 0 Å². The second-order valence-corrected chi connectivity index (χ2v) is 11.5. The van der Waals surface area contributed by atoms with Crippen LogP contribution in [0.3, 0.4) is 0 Å². The molecule has 7 heteroatoms. The van der Waals surface area contributed by atoms with Crippen molar-refractivity contribution in [2.24, 2.45) is 0 Å². The van der Waals surface area contributed by atoms with E-state index >= 15 is 0 Å². The van der Waals surface area contributed by atoms with Crippen molar-refractivity contribution >= 4 is 45.8 Å². The van der Waals surface area contributed by atoms with Crippen LogP contribution in [-0.2, 0) is 6.42 Å². The zero-order chi connectivity index (χ0) is 27.6. The van der Waals surface area contributed by atoms with Crippen molar-refractivity contribution in [3.8, 4) is 0 Å². The van der Waals surface area contributed by atoms with E-state index in [2.05, 4.69) is 70.8 Å². The van der Waals surface area contributed by atoms with Gasteiger partial charge in [-0.25, -0.2) is 9.97 Å². The fourth-order valence-corrected chi connectivity index (χ4v) is 6.01. The maximum Gasteiger partial charge on any atom is 0.251 e. The molecule has 0 aliphatic heterocycles. The number of hydrogen-bond acceptors (Lipinski definition) is 6. The molecule has 6 nitrogen and oxygen atoms in total. The average molecular weight is 546 g/mol. The topological polar surface area (TPSA) is 92.9 Å². The standard InChI is InChI=1S/C33H31N5OS/c1-20(2)22-7-14-27-29(17-22)35-19-36-32(27)37-30-18-23(9-16-31(30)40-25-12-10-24(34)11-13-25)33(39)38-28-15-8-21-5-3-4-6-26(21)28/h3-7,9-14,16-20,28H,8,15,34H2,1-2H3,(H,38,39)(H,35,36,37)/t28-/m1/s1. The van der Waals surface area contributed by atoms with Crippen molar-refractivity contribution in [1.82, 2.24) is 15.3 Å². The lowest BCUT2D eigenvalue weighted by atomic mass is 10.0. The summed E-state index contributed by atoms with van der Waals surface area (Å²) in [5, 5.41) is 7.70. The summed E-state index contributed by atoms with van der Waals surface area (Å²) in [5.74, 6) is 1.00. The highest BCUT2D eigenvalue weighted by Crippen LogP contribution is 2.37. The molecule has 0 unspecified atom stereocenters. The summed E-state index contributed by atoms with van der Waals surface area (Å²) in [6, 6.07) is 28.2. The van der Waals surface area contributed by atoms with Crippen LogP contribution in [-0.4, -0.2) is 15.9 Å². The number of rotatable bonds is 7. The smallest absolute Gasteiger partial charge is 0.251 e. The number of carbonyl (C=O) groups excluding carboxylic acids is 1. The number of carbonyl (C=O) groups is 1. The quantitative estimate of drug-likeness (QED) is 0.182. The molecule has 1 aliphatic carbocycles. The Bertz CT molecular complexity index is 1700. The summed E-state index contributed by atoms with van der Waals surface area (Å²) >= 11 is 1.60. The van der Waals surface area contributed by atoms with E-state index in [0.29, 0.717) is 17.3 Å². The van der Waals surface area contributed by atoms with Gasteiger partial charge in [0, 0.05) is 26.4 Å². The molecule has 0 saturated heterocycles. The molecule has 0 radical (unpaired) electrons. The molecule has 200 valence electrons. The van der Waals surface area contributed by atoms with Gasteiger partial charge in [-0.1, -0.05) is 55.9 Å². The Balaban J connectivity index is 1.34. The third-order valence-electron chi connectivity index (χ3n) is 7.37. The van der Waals surface area contributed by atoms with E-state index in [1.165, 1.54) is 16.7 Å². The first kappa shape index (κ1) is 25.9. The van der Waals surface area contributed by atoms with Crippen molar-refractivity contribution in [3.05, 3.63) is 114 Å². The van der Waals surface area contributed by atoms with Crippen LogP contribution in [0.4, 0.5) is 17.2 Å². The number of aromatic nitrogens is 2. The van der Waals surface area contributed by atoms with E-state index in [-0.39, 0.29) is 11.9 Å². The molecular weight excluding hydrogens is 514 g/mol. The van der Waals surface area contributed by atoms with Gasteiger partial charge in [-0.3, -0.25) is 4.79 Å². The first-order valence-corrected chi connectivity index (χ1v) is 14.3. The van der Waals surface area contributed by atoms with Crippen LogP contribution in [0.1, 0.15) is 59.3 Å². The summed E-state index contributed by atoms with van der Waals surface area (Å²) < 4.78 is 0. The fourth-order valence-electron chi connectivity index (χ4n) is 5.13. The zero-order valence-electron chi connectivity index (χ0n) is 22.5. The molecule has 1 heterocycles. The van der Waals surface area contributed by atoms with E-state index in [9.17, 15) is 4.79 Å². The molecule has 0 saturated carbocycles. The van der Waals surface area contributed by atoms with E-state index < -0.39 is 0 Å². The number of nitrogens with one attached hydrogen (secondary N) is 2. The highest BCUT2D eigenvalue weighted by molar-refractivity contribution is 7.99. The van der Waals surface area contributed by atoms with Gasteiger partial charge < -0.3 is 16.4 Å². The van der Waals surface area contributed by atoms with Gasteiger partial charge in [0.05, 0.1) is 17.2 Å². The highest BCUT2D eigenvalue weighted by atomic mass is 32.2. The van der Waals surface area contributed by atoms with Crippen LogP contribution in [0.25, 0.3) is 10.9 Å². The number of aryl methyl sites for hydroxylation is 1. The van der Waals surface area contributed by atoms with Gasteiger partial charge in [0.2, 0.25) is 0 Å². The average Bonchev–Trinajstić information content (AvgIpc) is 3.37. The van der Waals surface area contributed by atoms with Crippen molar-refractivity contribution in [2.75, 3.05) is 11.1 Å². The summed E-state index contributed by atoms with van der Waals surface area (Å²) in [7, 11) is 0. The normalized spacial score (nSPS) is 14.3. The van der Waals surface area contributed by atoms with Crippen LogP contribution in [0, 0.1) is 0 Å². The Morgan fingerprint density at radius 1 is 0.975 bits per heavy atom. The number of anilines is 3. The summed E-state index contributed by atoms with van der Waals surface area (Å²) in [5.41, 5.74) is 12.6. The Morgan fingerprint density at radius 2 is 1.80 bits per heavy atom. The van der Waals surface area contributed by atoms with Gasteiger partial charge in [0.1, 0.15) is 12.1 Å². The molecule has 1 aromatic heterocycles. The summed E-state index contributed by atoms with van der Waals surface area (Å²) in [6.07, 6.45) is 3.46. The van der Waals surface area contributed by atoms with Crippen LogP contribution >= 0.6 is 11.8 Å². The number of fused-ring (bicyclic) bond motifs is 2. The molecule has 1 aliphatic rings. The molecule has 0 fully saturated rings. The summed E-state index contributed by atoms with van der Waals surface area (Å²) in [4.78, 5) is 24.6. The Hall–Kier alpha value is -4.36. The van der Waals surface area contributed by atoms with Gasteiger partial charge in [0.25, 0.3) is 5.91 Å². The first-order valence-electron chi connectivity index (χ1n) is 13.5. The van der Waals surface area contributed by atoms with Crippen LogP contribution in [0.15, 0.2) is 101 Å². The minimum Gasteiger partial charge on any atom is -0.399 e.